The smallest absolute Gasteiger partial charge is 0.127 e. The summed E-state index contributed by atoms with van der Waals surface area (Å²) in [5.74, 6) is -0.527. The molecule has 1 aromatic carbocycles. The molecule has 0 bridgehead atoms. The van der Waals surface area contributed by atoms with Gasteiger partial charge >= 0.3 is 0 Å². The van der Waals surface area contributed by atoms with Crippen LogP contribution in [0.4, 0.5) is 4.39 Å². The van der Waals surface area contributed by atoms with Gasteiger partial charge in [-0.05, 0) is 29.6 Å². The van der Waals surface area contributed by atoms with Gasteiger partial charge in [-0.1, -0.05) is 11.2 Å². The van der Waals surface area contributed by atoms with Crippen molar-refractivity contribution in [2.24, 2.45) is 5.11 Å². The lowest BCUT2D eigenvalue weighted by Crippen LogP contribution is -2.19. The van der Waals surface area contributed by atoms with E-state index in [0.717, 1.165) is 6.07 Å². The first-order valence-electron chi connectivity index (χ1n) is 5.62. The summed E-state index contributed by atoms with van der Waals surface area (Å²) >= 11 is 0. The maximum absolute atomic E-state index is 13.3. The molecule has 0 spiro atoms. The molecule has 1 rings (SSSR count). The SMILES string of the molecule is N#CCc1cc(C(O)C(O)CCN=[N+]=[N-])ccc1F. The van der Waals surface area contributed by atoms with Crippen molar-refractivity contribution in [2.75, 3.05) is 6.54 Å². The van der Waals surface area contributed by atoms with E-state index in [-0.39, 0.29) is 24.9 Å². The van der Waals surface area contributed by atoms with Gasteiger partial charge in [0.25, 0.3) is 0 Å². The summed E-state index contributed by atoms with van der Waals surface area (Å²) in [6.07, 6.45) is -2.35. The Morgan fingerprint density at radius 1 is 1.47 bits per heavy atom. The van der Waals surface area contributed by atoms with Crippen LogP contribution in [0.5, 0.6) is 0 Å². The van der Waals surface area contributed by atoms with Gasteiger partial charge < -0.3 is 10.2 Å². The van der Waals surface area contributed by atoms with Gasteiger partial charge in [0.15, 0.2) is 0 Å². The Hall–Kier alpha value is -2.13. The molecule has 0 aliphatic heterocycles. The molecule has 0 radical (unpaired) electrons. The molecule has 7 heteroatoms. The van der Waals surface area contributed by atoms with Gasteiger partial charge in [0.05, 0.1) is 18.6 Å². The lowest BCUT2D eigenvalue weighted by molar-refractivity contribution is 0.0149. The Morgan fingerprint density at radius 2 is 2.21 bits per heavy atom. The Morgan fingerprint density at radius 3 is 2.84 bits per heavy atom. The quantitative estimate of drug-likeness (QED) is 0.465. The Labute approximate surface area is 109 Å². The summed E-state index contributed by atoms with van der Waals surface area (Å²) < 4.78 is 13.3. The maximum Gasteiger partial charge on any atom is 0.127 e. The molecule has 0 aromatic heterocycles. The van der Waals surface area contributed by atoms with Crippen molar-refractivity contribution < 1.29 is 14.6 Å². The van der Waals surface area contributed by atoms with Crippen LogP contribution in [0, 0.1) is 17.1 Å². The third-order valence-corrected chi connectivity index (χ3v) is 2.63. The van der Waals surface area contributed by atoms with E-state index >= 15 is 0 Å². The lowest BCUT2D eigenvalue weighted by Gasteiger charge is -2.18. The zero-order valence-electron chi connectivity index (χ0n) is 10.1. The molecular weight excluding hydrogens is 251 g/mol. The van der Waals surface area contributed by atoms with Crippen molar-refractivity contribution in [3.05, 3.63) is 45.6 Å². The average molecular weight is 264 g/mol. The number of hydrogen-bond donors (Lipinski definition) is 2. The molecule has 0 saturated heterocycles. The van der Waals surface area contributed by atoms with Crippen LogP contribution in [0.15, 0.2) is 23.3 Å². The van der Waals surface area contributed by atoms with Crippen LogP contribution in [-0.2, 0) is 6.42 Å². The largest absolute Gasteiger partial charge is 0.390 e. The first-order valence-corrected chi connectivity index (χ1v) is 5.62. The maximum atomic E-state index is 13.3. The van der Waals surface area contributed by atoms with Crippen molar-refractivity contribution >= 4 is 0 Å². The summed E-state index contributed by atoms with van der Waals surface area (Å²) in [5, 5.41) is 31.4. The fraction of sp³-hybridized carbons (Fsp3) is 0.417. The second kappa shape index (κ2) is 7.34. The van der Waals surface area contributed by atoms with Crippen molar-refractivity contribution in [3.63, 3.8) is 0 Å². The van der Waals surface area contributed by atoms with Crippen molar-refractivity contribution in [1.29, 1.82) is 5.26 Å². The zero-order valence-corrected chi connectivity index (χ0v) is 10.1. The first kappa shape index (κ1) is 14.9. The number of nitrogens with zero attached hydrogens (tertiary/aromatic N) is 4. The van der Waals surface area contributed by atoms with E-state index in [1.165, 1.54) is 12.1 Å². The van der Waals surface area contributed by atoms with Crippen LogP contribution < -0.4 is 0 Å². The summed E-state index contributed by atoms with van der Waals surface area (Å²) in [7, 11) is 0. The summed E-state index contributed by atoms with van der Waals surface area (Å²) in [5.41, 5.74) is 8.59. The minimum Gasteiger partial charge on any atom is -0.390 e. The van der Waals surface area contributed by atoms with Gasteiger partial charge in [-0.3, -0.25) is 0 Å². The van der Waals surface area contributed by atoms with Gasteiger partial charge in [0, 0.05) is 17.0 Å². The summed E-state index contributed by atoms with van der Waals surface area (Å²) in [6.45, 7) is 0.0565. The highest BCUT2D eigenvalue weighted by Gasteiger charge is 2.19. The van der Waals surface area contributed by atoms with Crippen molar-refractivity contribution in [3.8, 4) is 6.07 Å². The predicted octanol–water partition coefficient (Wildman–Crippen LogP) is 1.99. The van der Waals surface area contributed by atoms with Gasteiger partial charge in [-0.15, -0.1) is 0 Å². The second-order valence-electron chi connectivity index (χ2n) is 3.94. The summed E-state index contributed by atoms with van der Waals surface area (Å²) in [6, 6.07) is 5.66. The number of benzene rings is 1. The number of azide groups is 1. The topological polar surface area (TPSA) is 113 Å². The molecule has 0 amide bonds. The molecule has 0 heterocycles. The number of aliphatic hydroxyl groups excluding tert-OH is 2. The highest BCUT2D eigenvalue weighted by Crippen LogP contribution is 2.22. The van der Waals surface area contributed by atoms with E-state index in [1.54, 1.807) is 0 Å². The lowest BCUT2D eigenvalue weighted by atomic mass is 9.99. The minimum absolute atomic E-state index is 0.0565. The first-order chi connectivity index (χ1) is 9.10. The average Bonchev–Trinajstić information content (AvgIpc) is 2.41. The van der Waals surface area contributed by atoms with Crippen LogP contribution in [0.2, 0.25) is 0 Å². The van der Waals surface area contributed by atoms with Crippen LogP contribution >= 0.6 is 0 Å². The normalized spacial score (nSPS) is 13.2. The number of nitriles is 1. The summed E-state index contributed by atoms with van der Waals surface area (Å²) in [4.78, 5) is 2.54. The number of aliphatic hydroxyl groups is 2. The van der Waals surface area contributed by atoms with Crippen LogP contribution in [0.25, 0.3) is 10.4 Å². The van der Waals surface area contributed by atoms with E-state index in [1.807, 2.05) is 6.07 Å². The molecule has 19 heavy (non-hydrogen) atoms. The third kappa shape index (κ3) is 4.23. The van der Waals surface area contributed by atoms with Gasteiger partial charge in [0.1, 0.15) is 11.9 Å². The van der Waals surface area contributed by atoms with Crippen LogP contribution in [-0.4, -0.2) is 22.9 Å². The predicted molar refractivity (Wildman–Crippen MR) is 65.3 cm³/mol. The van der Waals surface area contributed by atoms with Crippen LogP contribution in [0.1, 0.15) is 23.7 Å². The molecule has 6 nitrogen and oxygen atoms in total. The number of hydrogen-bond acceptors (Lipinski definition) is 4. The zero-order chi connectivity index (χ0) is 14.3. The highest BCUT2D eigenvalue weighted by molar-refractivity contribution is 5.29. The van der Waals surface area contributed by atoms with Gasteiger partial charge in [0.2, 0.25) is 0 Å². The number of halogens is 1. The fourth-order valence-corrected chi connectivity index (χ4v) is 1.61. The molecule has 2 atom stereocenters. The highest BCUT2D eigenvalue weighted by atomic mass is 19.1. The van der Waals surface area contributed by atoms with E-state index in [4.69, 9.17) is 10.8 Å². The molecule has 100 valence electrons. The molecule has 2 unspecified atom stereocenters. The Balaban J connectivity index is 2.81. The van der Waals surface area contributed by atoms with Crippen LogP contribution in [0.3, 0.4) is 0 Å². The fourth-order valence-electron chi connectivity index (χ4n) is 1.61. The Kier molecular flexibility index (Phi) is 5.76. The molecule has 0 aliphatic carbocycles. The number of rotatable bonds is 6. The molecule has 0 saturated carbocycles. The third-order valence-electron chi connectivity index (χ3n) is 2.63. The van der Waals surface area contributed by atoms with E-state index in [2.05, 4.69) is 10.0 Å². The molecule has 2 N–H and O–H groups in total. The molecular formula is C12H13FN4O2. The van der Waals surface area contributed by atoms with Crippen molar-refractivity contribution in [2.45, 2.75) is 25.0 Å². The minimum atomic E-state index is -1.22. The standard InChI is InChI=1S/C12H13FN4O2/c13-10-2-1-9(7-8(10)3-5-14)12(19)11(18)4-6-16-17-15/h1-2,7,11-12,18-19H,3-4,6H2. The van der Waals surface area contributed by atoms with Gasteiger partial charge in [-0.25, -0.2) is 4.39 Å². The van der Waals surface area contributed by atoms with E-state index in [9.17, 15) is 14.6 Å². The van der Waals surface area contributed by atoms with E-state index in [0.29, 0.717) is 5.56 Å². The molecule has 0 aliphatic rings. The molecule has 1 aromatic rings. The van der Waals surface area contributed by atoms with Crippen molar-refractivity contribution in [1.82, 2.24) is 0 Å². The van der Waals surface area contributed by atoms with Gasteiger partial charge in [-0.2, -0.15) is 5.26 Å². The van der Waals surface area contributed by atoms with E-state index < -0.39 is 18.0 Å². The monoisotopic (exact) mass is 264 g/mol. The molecule has 0 fully saturated rings. The second-order valence-corrected chi connectivity index (χ2v) is 3.94. The Bertz CT molecular complexity index is 523.